The van der Waals surface area contributed by atoms with E-state index < -0.39 is 0 Å². The predicted molar refractivity (Wildman–Crippen MR) is 107 cm³/mol. The van der Waals surface area contributed by atoms with Crippen LogP contribution >= 0.6 is 0 Å². The van der Waals surface area contributed by atoms with Crippen LogP contribution in [-0.2, 0) is 6.54 Å². The van der Waals surface area contributed by atoms with E-state index in [1.807, 2.05) is 9.20 Å². The summed E-state index contributed by atoms with van der Waals surface area (Å²) in [5.74, 6) is 0.990. The molecule has 1 saturated heterocycles. The minimum Gasteiger partial charge on any atom is -0.382 e. The van der Waals surface area contributed by atoms with E-state index in [-0.39, 0.29) is 0 Å². The number of nitrogens with two attached hydrogens (primary N) is 1. The molecule has 5 rings (SSSR count). The van der Waals surface area contributed by atoms with Crippen molar-refractivity contribution in [1.29, 1.82) is 0 Å². The fraction of sp³-hybridized carbons (Fsp3) is 0.350. The molecule has 1 aliphatic heterocycles. The van der Waals surface area contributed by atoms with Gasteiger partial charge in [0.25, 0.3) is 0 Å². The second-order valence-corrected chi connectivity index (χ2v) is 7.17. The standard InChI is InChI=1S/C20H23N7/c1-2-26-11-15-4-3-14(9-17(15)25-26)16-10-18(13-5-7-22-8-6-13)27-19(16)20(21)23-12-24-27/h3-4,9-13,22H,2,5-8H2,1H3,(H2,21,23,24). The molecule has 3 N–H and O–H groups in total. The zero-order valence-corrected chi connectivity index (χ0v) is 15.4. The molecule has 4 heterocycles. The number of fused-ring (bicyclic) bond motifs is 2. The van der Waals surface area contributed by atoms with Crippen LogP contribution in [0.4, 0.5) is 5.82 Å². The lowest BCUT2D eigenvalue weighted by Crippen LogP contribution is -2.27. The molecule has 3 aromatic heterocycles. The zero-order valence-electron chi connectivity index (χ0n) is 15.4. The van der Waals surface area contributed by atoms with E-state index in [0.29, 0.717) is 11.7 Å². The van der Waals surface area contributed by atoms with E-state index in [1.54, 1.807) is 6.33 Å². The highest BCUT2D eigenvalue weighted by molar-refractivity contribution is 5.92. The first kappa shape index (κ1) is 16.3. The molecule has 1 aromatic carbocycles. The highest BCUT2D eigenvalue weighted by atomic mass is 15.3. The first-order valence-electron chi connectivity index (χ1n) is 9.55. The Morgan fingerprint density at radius 1 is 1.22 bits per heavy atom. The van der Waals surface area contributed by atoms with Crippen LogP contribution in [-0.4, -0.2) is 37.5 Å². The second kappa shape index (κ2) is 6.35. The summed E-state index contributed by atoms with van der Waals surface area (Å²) in [6.07, 6.45) is 5.84. The van der Waals surface area contributed by atoms with Crippen molar-refractivity contribution in [2.24, 2.45) is 0 Å². The lowest BCUT2D eigenvalue weighted by Gasteiger charge is -2.22. The van der Waals surface area contributed by atoms with Gasteiger partial charge in [0, 0.05) is 35.3 Å². The molecule has 0 spiro atoms. The third-order valence-electron chi connectivity index (χ3n) is 5.56. The minimum absolute atomic E-state index is 0.477. The number of hydrogen-bond donors (Lipinski definition) is 2. The smallest absolute Gasteiger partial charge is 0.151 e. The highest BCUT2D eigenvalue weighted by Gasteiger charge is 2.23. The van der Waals surface area contributed by atoms with Crippen molar-refractivity contribution in [3.8, 4) is 11.1 Å². The Bertz CT molecular complexity index is 1120. The molecule has 27 heavy (non-hydrogen) atoms. The van der Waals surface area contributed by atoms with Gasteiger partial charge in [-0.15, -0.1) is 0 Å². The van der Waals surface area contributed by atoms with Gasteiger partial charge in [-0.3, -0.25) is 4.68 Å². The monoisotopic (exact) mass is 361 g/mol. The molecular formula is C20H23N7. The minimum atomic E-state index is 0.477. The number of nitrogen functional groups attached to an aromatic ring is 1. The Kier molecular flexibility index (Phi) is 3.82. The molecule has 0 aliphatic carbocycles. The summed E-state index contributed by atoms with van der Waals surface area (Å²) in [7, 11) is 0. The normalized spacial score (nSPS) is 15.7. The largest absolute Gasteiger partial charge is 0.382 e. The third kappa shape index (κ3) is 2.66. The fourth-order valence-electron chi connectivity index (χ4n) is 4.12. The third-order valence-corrected chi connectivity index (χ3v) is 5.56. The lowest BCUT2D eigenvalue weighted by atomic mass is 9.94. The summed E-state index contributed by atoms with van der Waals surface area (Å²) in [6.45, 7) is 5.03. The van der Waals surface area contributed by atoms with Crippen LogP contribution < -0.4 is 11.1 Å². The number of aromatic nitrogens is 5. The van der Waals surface area contributed by atoms with Crippen molar-refractivity contribution in [1.82, 2.24) is 29.7 Å². The summed E-state index contributed by atoms with van der Waals surface area (Å²) in [4.78, 5) is 4.25. The highest BCUT2D eigenvalue weighted by Crippen LogP contribution is 2.36. The molecular weight excluding hydrogens is 338 g/mol. The molecule has 0 amide bonds. The van der Waals surface area contributed by atoms with E-state index in [4.69, 9.17) is 5.73 Å². The Labute approximate surface area is 157 Å². The molecule has 4 aromatic rings. The topological polar surface area (TPSA) is 86.1 Å². The second-order valence-electron chi connectivity index (χ2n) is 7.17. The van der Waals surface area contributed by atoms with Gasteiger partial charge in [-0.05, 0) is 50.6 Å². The van der Waals surface area contributed by atoms with Crippen molar-refractivity contribution in [3.05, 3.63) is 42.5 Å². The summed E-state index contributed by atoms with van der Waals surface area (Å²) < 4.78 is 3.95. The van der Waals surface area contributed by atoms with Gasteiger partial charge in [0.15, 0.2) is 5.82 Å². The van der Waals surface area contributed by atoms with Gasteiger partial charge in [-0.2, -0.15) is 10.2 Å². The van der Waals surface area contributed by atoms with Gasteiger partial charge in [0.05, 0.1) is 5.52 Å². The van der Waals surface area contributed by atoms with Crippen molar-refractivity contribution >= 4 is 22.2 Å². The van der Waals surface area contributed by atoms with Gasteiger partial charge in [-0.1, -0.05) is 12.1 Å². The van der Waals surface area contributed by atoms with Crippen LogP contribution in [0.1, 0.15) is 31.4 Å². The molecule has 7 nitrogen and oxygen atoms in total. The molecule has 0 bridgehead atoms. The molecule has 0 atom stereocenters. The van der Waals surface area contributed by atoms with Gasteiger partial charge in [0.1, 0.15) is 11.8 Å². The molecule has 1 aliphatic rings. The number of nitrogens with zero attached hydrogens (tertiary/aromatic N) is 5. The van der Waals surface area contributed by atoms with Crippen molar-refractivity contribution in [3.63, 3.8) is 0 Å². The quantitative estimate of drug-likeness (QED) is 0.586. The van der Waals surface area contributed by atoms with Crippen LogP contribution in [0.3, 0.4) is 0 Å². The molecule has 1 fully saturated rings. The zero-order chi connectivity index (χ0) is 18.4. The molecule has 0 saturated carbocycles. The van der Waals surface area contributed by atoms with Crippen molar-refractivity contribution < 1.29 is 0 Å². The molecule has 0 radical (unpaired) electrons. The Hall–Kier alpha value is -2.93. The number of aryl methyl sites for hydroxylation is 1. The molecule has 7 heteroatoms. The van der Waals surface area contributed by atoms with Crippen LogP contribution in [0.5, 0.6) is 0 Å². The first-order chi connectivity index (χ1) is 13.2. The van der Waals surface area contributed by atoms with Crippen LogP contribution in [0.25, 0.3) is 27.5 Å². The molecule has 138 valence electrons. The van der Waals surface area contributed by atoms with Gasteiger partial charge < -0.3 is 11.1 Å². The van der Waals surface area contributed by atoms with E-state index in [1.165, 1.54) is 5.69 Å². The van der Waals surface area contributed by atoms with E-state index in [2.05, 4.69) is 57.9 Å². The maximum atomic E-state index is 6.27. The number of rotatable bonds is 3. The summed E-state index contributed by atoms with van der Waals surface area (Å²) >= 11 is 0. The average molecular weight is 361 g/mol. The van der Waals surface area contributed by atoms with Crippen LogP contribution in [0.15, 0.2) is 36.8 Å². The number of hydrogen-bond acceptors (Lipinski definition) is 5. The Balaban J connectivity index is 1.70. The number of anilines is 1. The van der Waals surface area contributed by atoms with Gasteiger partial charge in [0.2, 0.25) is 0 Å². The lowest BCUT2D eigenvalue weighted by molar-refractivity contribution is 0.448. The Morgan fingerprint density at radius 3 is 2.89 bits per heavy atom. The van der Waals surface area contributed by atoms with Crippen molar-refractivity contribution in [2.75, 3.05) is 18.8 Å². The maximum Gasteiger partial charge on any atom is 0.151 e. The summed E-state index contributed by atoms with van der Waals surface area (Å²) in [6, 6.07) is 8.64. The van der Waals surface area contributed by atoms with E-state index in [0.717, 1.165) is 60.0 Å². The molecule has 0 unspecified atom stereocenters. The van der Waals surface area contributed by atoms with Gasteiger partial charge in [-0.25, -0.2) is 9.50 Å². The average Bonchev–Trinajstić information content (AvgIpc) is 3.30. The van der Waals surface area contributed by atoms with Crippen LogP contribution in [0.2, 0.25) is 0 Å². The predicted octanol–water partition coefficient (Wildman–Crippen LogP) is 2.82. The summed E-state index contributed by atoms with van der Waals surface area (Å²) in [5.41, 5.74) is 11.5. The van der Waals surface area contributed by atoms with E-state index >= 15 is 0 Å². The van der Waals surface area contributed by atoms with E-state index in [9.17, 15) is 0 Å². The van der Waals surface area contributed by atoms with Crippen molar-refractivity contribution in [2.45, 2.75) is 32.2 Å². The SMILES string of the molecule is CCn1cc2ccc(-c3cc(C4CCNCC4)n4ncnc(N)c34)cc2n1. The fourth-order valence-corrected chi connectivity index (χ4v) is 4.12. The number of piperidine rings is 1. The van der Waals surface area contributed by atoms with Crippen LogP contribution in [0, 0.1) is 0 Å². The maximum absolute atomic E-state index is 6.27. The number of nitrogens with one attached hydrogen (secondary N) is 1. The Morgan fingerprint density at radius 2 is 2.07 bits per heavy atom. The first-order valence-corrected chi connectivity index (χ1v) is 9.55. The number of benzene rings is 1. The summed E-state index contributed by atoms with van der Waals surface area (Å²) in [5, 5.41) is 13.8. The van der Waals surface area contributed by atoms with Gasteiger partial charge >= 0.3 is 0 Å².